The van der Waals surface area contributed by atoms with Crippen molar-refractivity contribution in [1.82, 2.24) is 4.90 Å². The first kappa shape index (κ1) is 18.4. The molecule has 0 atom stereocenters. The zero-order valence-corrected chi connectivity index (χ0v) is 15.9. The van der Waals surface area contributed by atoms with E-state index in [9.17, 15) is 14.9 Å². The molecule has 1 aromatic carbocycles. The van der Waals surface area contributed by atoms with Gasteiger partial charge in [0.25, 0.3) is 11.8 Å². The molecule has 2 aromatic rings. The van der Waals surface area contributed by atoms with Crippen molar-refractivity contribution in [2.24, 2.45) is 0 Å². The van der Waals surface area contributed by atoms with E-state index < -0.39 is 0 Å². The van der Waals surface area contributed by atoms with Gasteiger partial charge < -0.3 is 10.2 Å². The summed E-state index contributed by atoms with van der Waals surface area (Å²) in [6.07, 6.45) is 3.14. The molecular weight excluding hydrogens is 370 g/mol. The number of carbonyl (C=O) groups excluding carboxylic acids is 2. The first-order valence-corrected chi connectivity index (χ1v) is 9.60. The average molecular weight is 388 g/mol. The van der Waals surface area contributed by atoms with Gasteiger partial charge in [0, 0.05) is 23.7 Å². The van der Waals surface area contributed by atoms with Gasteiger partial charge >= 0.3 is 0 Å². The summed E-state index contributed by atoms with van der Waals surface area (Å²) in [5, 5.41) is 13.2. The quantitative estimate of drug-likeness (QED) is 0.844. The fourth-order valence-corrected chi connectivity index (χ4v) is 4.20. The van der Waals surface area contributed by atoms with Crippen LogP contribution in [0.4, 0.5) is 5.00 Å². The minimum Gasteiger partial charge on any atom is -0.338 e. The summed E-state index contributed by atoms with van der Waals surface area (Å²) < 4.78 is 0. The van der Waals surface area contributed by atoms with E-state index in [1.165, 1.54) is 11.3 Å². The third-order valence-corrected chi connectivity index (χ3v) is 5.88. The van der Waals surface area contributed by atoms with E-state index in [1.807, 2.05) is 4.90 Å². The zero-order valence-electron chi connectivity index (χ0n) is 14.3. The molecular formula is C19H18ClN3O2S. The molecule has 1 aliphatic heterocycles. The van der Waals surface area contributed by atoms with E-state index in [1.54, 1.807) is 31.2 Å². The molecule has 2 heterocycles. The van der Waals surface area contributed by atoms with Crippen LogP contribution in [-0.2, 0) is 0 Å². The molecule has 7 heteroatoms. The Balaban J connectivity index is 1.85. The van der Waals surface area contributed by atoms with E-state index in [-0.39, 0.29) is 11.8 Å². The van der Waals surface area contributed by atoms with Gasteiger partial charge in [-0.2, -0.15) is 5.26 Å². The standard InChI is InChI=1S/C19H18ClN3O2S/c1-12-15(11-21)18(22-17(24)13-5-7-14(20)8-6-13)26-16(12)19(25)23-9-3-2-4-10-23/h5-8H,2-4,9-10H2,1H3,(H,22,24). The predicted octanol–water partition coefficient (Wildman–Crippen LogP) is 4.46. The number of carbonyl (C=O) groups is 2. The number of thiophene rings is 1. The van der Waals surface area contributed by atoms with Crippen molar-refractivity contribution in [1.29, 1.82) is 5.26 Å². The Hall–Kier alpha value is -2.36. The number of amides is 2. The SMILES string of the molecule is Cc1c(C(=O)N2CCCCC2)sc(NC(=O)c2ccc(Cl)cc2)c1C#N. The topological polar surface area (TPSA) is 73.2 Å². The second-order valence-corrected chi connectivity index (χ2v) is 7.64. The van der Waals surface area contributed by atoms with E-state index in [2.05, 4.69) is 11.4 Å². The summed E-state index contributed by atoms with van der Waals surface area (Å²) in [4.78, 5) is 27.6. The molecule has 1 aliphatic rings. The number of rotatable bonds is 3. The first-order valence-electron chi connectivity index (χ1n) is 8.41. The average Bonchev–Trinajstić information content (AvgIpc) is 2.97. The van der Waals surface area contributed by atoms with Crippen LogP contribution in [0.2, 0.25) is 5.02 Å². The van der Waals surface area contributed by atoms with Crippen molar-refractivity contribution in [3.8, 4) is 6.07 Å². The Morgan fingerprint density at radius 1 is 1.19 bits per heavy atom. The normalized spacial score (nSPS) is 14.0. The largest absolute Gasteiger partial charge is 0.338 e. The number of nitriles is 1. The minimum absolute atomic E-state index is 0.0595. The molecule has 0 radical (unpaired) electrons. The first-order chi connectivity index (χ1) is 12.5. The second kappa shape index (κ2) is 7.90. The predicted molar refractivity (Wildman–Crippen MR) is 103 cm³/mol. The van der Waals surface area contributed by atoms with Crippen LogP contribution in [0.25, 0.3) is 0 Å². The third-order valence-electron chi connectivity index (χ3n) is 4.43. The van der Waals surface area contributed by atoms with Crippen molar-refractivity contribution in [3.63, 3.8) is 0 Å². The molecule has 5 nitrogen and oxygen atoms in total. The van der Waals surface area contributed by atoms with E-state index in [4.69, 9.17) is 11.6 Å². The van der Waals surface area contributed by atoms with E-state index in [0.29, 0.717) is 31.6 Å². The number of anilines is 1. The minimum atomic E-state index is -0.337. The molecule has 134 valence electrons. The van der Waals surface area contributed by atoms with Crippen LogP contribution in [0.1, 0.15) is 50.4 Å². The van der Waals surface area contributed by atoms with Gasteiger partial charge in [-0.25, -0.2) is 0 Å². The van der Waals surface area contributed by atoms with Crippen molar-refractivity contribution in [2.45, 2.75) is 26.2 Å². The maximum Gasteiger partial charge on any atom is 0.264 e. The van der Waals surface area contributed by atoms with Crippen LogP contribution in [-0.4, -0.2) is 29.8 Å². The molecule has 2 amide bonds. The molecule has 1 fully saturated rings. The Labute approximate surface area is 161 Å². The lowest BCUT2D eigenvalue weighted by Gasteiger charge is -2.26. The van der Waals surface area contributed by atoms with Gasteiger partial charge in [-0.15, -0.1) is 11.3 Å². The van der Waals surface area contributed by atoms with Crippen molar-refractivity contribution in [2.75, 3.05) is 18.4 Å². The van der Waals surface area contributed by atoms with Gasteiger partial charge in [0.1, 0.15) is 11.1 Å². The molecule has 3 rings (SSSR count). The summed E-state index contributed by atoms with van der Waals surface area (Å²) >= 11 is 7.01. The van der Waals surface area contributed by atoms with Crippen molar-refractivity contribution in [3.05, 3.63) is 50.9 Å². The molecule has 0 aliphatic carbocycles. The highest BCUT2D eigenvalue weighted by molar-refractivity contribution is 7.18. The molecule has 1 saturated heterocycles. The number of halogens is 1. The van der Waals surface area contributed by atoms with Gasteiger partial charge in [0.2, 0.25) is 0 Å². The fourth-order valence-electron chi connectivity index (χ4n) is 2.96. The number of nitrogens with one attached hydrogen (secondary N) is 1. The molecule has 26 heavy (non-hydrogen) atoms. The fraction of sp³-hybridized carbons (Fsp3) is 0.316. The van der Waals surface area contributed by atoms with Gasteiger partial charge in [-0.1, -0.05) is 11.6 Å². The van der Waals surface area contributed by atoms with E-state index in [0.717, 1.165) is 32.4 Å². The van der Waals surface area contributed by atoms with Gasteiger partial charge in [-0.05, 0) is 56.0 Å². The summed E-state index contributed by atoms with van der Waals surface area (Å²) in [7, 11) is 0. The Morgan fingerprint density at radius 2 is 1.85 bits per heavy atom. The zero-order chi connectivity index (χ0) is 18.7. The molecule has 0 unspecified atom stereocenters. The van der Waals surface area contributed by atoms with Crippen molar-refractivity contribution >= 4 is 39.8 Å². The Kier molecular flexibility index (Phi) is 5.60. The maximum atomic E-state index is 12.8. The molecule has 1 N–H and O–H groups in total. The van der Waals surface area contributed by atoms with Crippen LogP contribution < -0.4 is 5.32 Å². The van der Waals surface area contributed by atoms with Crippen LogP contribution in [0.5, 0.6) is 0 Å². The third kappa shape index (κ3) is 3.74. The van der Waals surface area contributed by atoms with Crippen molar-refractivity contribution < 1.29 is 9.59 Å². The molecule has 0 saturated carbocycles. The lowest BCUT2D eigenvalue weighted by Crippen LogP contribution is -2.35. The number of benzene rings is 1. The van der Waals surface area contributed by atoms with Crippen LogP contribution in [0.15, 0.2) is 24.3 Å². The van der Waals surface area contributed by atoms with Gasteiger partial charge in [0.05, 0.1) is 10.4 Å². The van der Waals surface area contributed by atoms with Crippen LogP contribution in [0.3, 0.4) is 0 Å². The van der Waals surface area contributed by atoms with Crippen LogP contribution >= 0.6 is 22.9 Å². The molecule has 0 bridgehead atoms. The summed E-state index contributed by atoms with van der Waals surface area (Å²) in [6, 6.07) is 8.61. The van der Waals surface area contributed by atoms with E-state index >= 15 is 0 Å². The molecule has 0 spiro atoms. The highest BCUT2D eigenvalue weighted by atomic mass is 35.5. The highest BCUT2D eigenvalue weighted by Crippen LogP contribution is 2.34. The lowest BCUT2D eigenvalue weighted by molar-refractivity contribution is 0.0728. The molecule has 1 aromatic heterocycles. The maximum absolute atomic E-state index is 12.8. The van der Waals surface area contributed by atoms with Gasteiger partial charge in [-0.3, -0.25) is 9.59 Å². The van der Waals surface area contributed by atoms with Crippen LogP contribution in [0, 0.1) is 18.3 Å². The number of hydrogen-bond acceptors (Lipinski definition) is 4. The number of nitrogens with zero attached hydrogens (tertiary/aromatic N) is 2. The monoisotopic (exact) mass is 387 g/mol. The number of piperidine rings is 1. The Bertz CT molecular complexity index is 877. The smallest absolute Gasteiger partial charge is 0.264 e. The lowest BCUT2D eigenvalue weighted by atomic mass is 10.1. The summed E-state index contributed by atoms with van der Waals surface area (Å²) in [5.74, 6) is -0.396. The highest BCUT2D eigenvalue weighted by Gasteiger charge is 2.26. The van der Waals surface area contributed by atoms with Gasteiger partial charge in [0.15, 0.2) is 0 Å². The number of likely N-dealkylation sites (tertiary alicyclic amines) is 1. The summed E-state index contributed by atoms with van der Waals surface area (Å²) in [5.41, 5.74) is 1.41. The number of hydrogen-bond donors (Lipinski definition) is 1. The Morgan fingerprint density at radius 3 is 2.46 bits per heavy atom. The second-order valence-electron chi connectivity index (χ2n) is 6.19. The summed E-state index contributed by atoms with van der Waals surface area (Å²) in [6.45, 7) is 3.24.